The van der Waals surface area contributed by atoms with Crippen LogP contribution in [0.2, 0.25) is 5.02 Å². The lowest BCUT2D eigenvalue weighted by Crippen LogP contribution is -2.12. The molecule has 30 heavy (non-hydrogen) atoms. The van der Waals surface area contributed by atoms with Crippen molar-refractivity contribution in [3.05, 3.63) is 93.5 Å². The normalized spacial score (nSPS) is 10.9. The van der Waals surface area contributed by atoms with Crippen LogP contribution in [0.15, 0.2) is 72.8 Å². The third-order valence-electron chi connectivity index (χ3n) is 4.95. The van der Waals surface area contributed by atoms with E-state index < -0.39 is 10.8 Å². The van der Waals surface area contributed by atoms with Crippen LogP contribution in [0.1, 0.15) is 17.3 Å². The molecule has 1 aromatic heterocycles. The highest BCUT2D eigenvalue weighted by Gasteiger charge is 2.17. The zero-order valence-corrected chi connectivity index (χ0v) is 16.9. The zero-order valence-electron chi connectivity index (χ0n) is 16.1. The number of non-ortho nitro benzene ring substituents is 1. The number of nitro groups is 1. The molecule has 0 spiro atoms. The predicted molar refractivity (Wildman–Crippen MR) is 119 cm³/mol. The monoisotopic (exact) mass is 419 g/mol. The number of nitrogens with one attached hydrogen (secondary N) is 1. The second-order valence-electron chi connectivity index (χ2n) is 6.79. The molecule has 0 saturated heterocycles. The molecule has 3 aromatic carbocycles. The molecule has 0 bridgehead atoms. The molecule has 0 fully saturated rings. The summed E-state index contributed by atoms with van der Waals surface area (Å²) in [4.78, 5) is 23.1. The van der Waals surface area contributed by atoms with E-state index >= 15 is 0 Å². The predicted octanol–water partition coefficient (Wildman–Crippen LogP) is 6.14. The van der Waals surface area contributed by atoms with E-state index in [0.717, 1.165) is 28.7 Å². The van der Waals surface area contributed by atoms with Crippen LogP contribution in [-0.2, 0) is 6.54 Å². The van der Waals surface area contributed by atoms with Crippen molar-refractivity contribution in [1.29, 1.82) is 0 Å². The fourth-order valence-corrected chi connectivity index (χ4v) is 3.74. The molecule has 4 rings (SSSR count). The fraction of sp³-hybridized carbons (Fsp3) is 0.0870. The van der Waals surface area contributed by atoms with Gasteiger partial charge in [-0.15, -0.1) is 0 Å². The van der Waals surface area contributed by atoms with Crippen molar-refractivity contribution < 1.29 is 9.72 Å². The van der Waals surface area contributed by atoms with Crippen LogP contribution in [0.5, 0.6) is 0 Å². The molecule has 6 nitrogen and oxygen atoms in total. The van der Waals surface area contributed by atoms with E-state index in [1.807, 2.05) is 36.4 Å². The van der Waals surface area contributed by atoms with E-state index in [-0.39, 0.29) is 16.3 Å². The summed E-state index contributed by atoms with van der Waals surface area (Å²) in [6.45, 7) is 2.90. The molecular weight excluding hydrogens is 402 g/mol. The summed E-state index contributed by atoms with van der Waals surface area (Å²) < 4.78 is 2.22. The van der Waals surface area contributed by atoms with Crippen LogP contribution in [0.3, 0.4) is 0 Å². The molecule has 0 radical (unpaired) electrons. The number of carbonyl (C=O) groups excluding carboxylic acids is 1. The van der Waals surface area contributed by atoms with Crippen molar-refractivity contribution in [1.82, 2.24) is 4.57 Å². The summed E-state index contributed by atoms with van der Waals surface area (Å²) in [6, 6.07) is 21.6. The van der Waals surface area contributed by atoms with Gasteiger partial charge in [0.15, 0.2) is 0 Å². The molecule has 0 unspecified atom stereocenters. The Hall–Kier alpha value is -3.64. The number of nitrogens with zero attached hydrogens (tertiary/aromatic N) is 2. The van der Waals surface area contributed by atoms with Gasteiger partial charge in [-0.05, 0) is 42.8 Å². The van der Waals surface area contributed by atoms with Crippen molar-refractivity contribution in [2.45, 2.75) is 13.5 Å². The summed E-state index contributed by atoms with van der Waals surface area (Å²) >= 11 is 6.08. The number of halogens is 1. The van der Waals surface area contributed by atoms with E-state index in [1.54, 1.807) is 0 Å². The van der Waals surface area contributed by atoms with E-state index in [0.29, 0.717) is 5.69 Å². The number of aryl methyl sites for hydroxylation is 1. The van der Waals surface area contributed by atoms with Gasteiger partial charge in [0.25, 0.3) is 11.6 Å². The van der Waals surface area contributed by atoms with Crippen molar-refractivity contribution >= 4 is 39.8 Å². The minimum Gasteiger partial charge on any atom is -0.341 e. The molecule has 0 atom stereocenters. The number of anilines is 1. The van der Waals surface area contributed by atoms with Gasteiger partial charge in [-0.25, -0.2) is 0 Å². The first-order valence-electron chi connectivity index (χ1n) is 9.42. The van der Waals surface area contributed by atoms with Gasteiger partial charge in [0.1, 0.15) is 0 Å². The maximum atomic E-state index is 12.7. The van der Waals surface area contributed by atoms with Gasteiger partial charge in [-0.1, -0.05) is 41.9 Å². The Morgan fingerprint density at radius 3 is 2.53 bits per heavy atom. The summed E-state index contributed by atoms with van der Waals surface area (Å²) in [7, 11) is 0. The molecule has 4 aromatic rings. The number of amides is 1. The minimum atomic E-state index is -0.558. The van der Waals surface area contributed by atoms with Crippen LogP contribution >= 0.6 is 11.6 Å². The Bertz CT molecular complexity index is 1270. The molecule has 0 aliphatic rings. The molecule has 0 aliphatic heterocycles. The van der Waals surface area contributed by atoms with Crippen LogP contribution < -0.4 is 5.32 Å². The van der Waals surface area contributed by atoms with Crippen molar-refractivity contribution in [2.24, 2.45) is 0 Å². The first-order valence-corrected chi connectivity index (χ1v) is 9.79. The number of rotatable bonds is 5. The second kappa shape index (κ2) is 8.00. The molecule has 1 heterocycles. The topological polar surface area (TPSA) is 77.2 Å². The number of fused-ring (bicyclic) bond motifs is 1. The summed E-state index contributed by atoms with van der Waals surface area (Å²) in [5.41, 5.74) is 3.73. The molecule has 1 amide bonds. The average molecular weight is 420 g/mol. The van der Waals surface area contributed by atoms with Gasteiger partial charge >= 0.3 is 0 Å². The lowest BCUT2D eigenvalue weighted by molar-refractivity contribution is -0.384. The number of carbonyl (C=O) groups is 1. The molecule has 0 aliphatic carbocycles. The van der Waals surface area contributed by atoms with Crippen LogP contribution in [0.4, 0.5) is 11.4 Å². The average Bonchev–Trinajstić information content (AvgIpc) is 3.12. The van der Waals surface area contributed by atoms with Gasteiger partial charge < -0.3 is 9.88 Å². The lowest BCUT2D eigenvalue weighted by atomic mass is 10.1. The second-order valence-corrected chi connectivity index (χ2v) is 7.20. The molecule has 7 heteroatoms. The fourth-order valence-electron chi connectivity index (χ4n) is 3.54. The van der Waals surface area contributed by atoms with Crippen molar-refractivity contribution in [2.75, 3.05) is 5.32 Å². The van der Waals surface area contributed by atoms with Crippen LogP contribution in [0.25, 0.3) is 22.2 Å². The number of hydrogen-bond donors (Lipinski definition) is 1. The highest BCUT2D eigenvalue weighted by molar-refractivity contribution is 6.34. The highest BCUT2D eigenvalue weighted by Crippen LogP contribution is 2.30. The number of hydrogen-bond acceptors (Lipinski definition) is 3. The first kappa shape index (κ1) is 19.7. The Morgan fingerprint density at radius 1 is 1.07 bits per heavy atom. The zero-order chi connectivity index (χ0) is 21.3. The molecule has 0 saturated carbocycles. The van der Waals surface area contributed by atoms with Crippen molar-refractivity contribution in [3.63, 3.8) is 0 Å². The van der Waals surface area contributed by atoms with Gasteiger partial charge in [-0.3, -0.25) is 14.9 Å². The smallest absolute Gasteiger partial charge is 0.270 e. The maximum absolute atomic E-state index is 12.7. The minimum absolute atomic E-state index is 0.0575. The van der Waals surface area contributed by atoms with E-state index in [9.17, 15) is 14.9 Å². The molecule has 150 valence electrons. The van der Waals surface area contributed by atoms with Gasteiger partial charge in [0.05, 0.1) is 15.5 Å². The van der Waals surface area contributed by atoms with E-state index in [4.69, 9.17) is 11.6 Å². The third kappa shape index (κ3) is 3.65. The summed E-state index contributed by atoms with van der Waals surface area (Å²) in [5, 5.41) is 14.9. The van der Waals surface area contributed by atoms with Gasteiger partial charge in [-0.2, -0.15) is 0 Å². The van der Waals surface area contributed by atoms with E-state index in [2.05, 4.69) is 35.0 Å². The number of aromatic nitrogens is 1. The number of benzene rings is 3. The molecule has 1 N–H and O–H groups in total. The summed E-state index contributed by atoms with van der Waals surface area (Å²) in [5.74, 6) is -0.499. The van der Waals surface area contributed by atoms with Crippen LogP contribution in [-0.4, -0.2) is 15.4 Å². The Labute approximate surface area is 177 Å². The van der Waals surface area contributed by atoms with Gasteiger partial charge in [0, 0.05) is 41.0 Å². The Kier molecular flexibility index (Phi) is 5.25. The highest BCUT2D eigenvalue weighted by atomic mass is 35.5. The maximum Gasteiger partial charge on any atom is 0.270 e. The Balaban J connectivity index is 1.69. The number of nitro benzene ring substituents is 1. The largest absolute Gasteiger partial charge is 0.341 e. The van der Waals surface area contributed by atoms with Crippen LogP contribution in [0, 0.1) is 10.1 Å². The first-order chi connectivity index (χ1) is 14.5. The van der Waals surface area contributed by atoms with E-state index in [1.165, 1.54) is 18.2 Å². The standard InChI is InChI=1S/C23H18ClN3O3/c1-2-26-21-11-8-17(12-16(21)13-22(26)15-6-4-3-5-7-15)25-23(28)19-14-18(27(29)30)9-10-20(19)24/h3-14H,2H2,1H3,(H,25,28). The molecular formula is C23H18ClN3O3. The van der Waals surface area contributed by atoms with Crippen molar-refractivity contribution in [3.8, 4) is 11.3 Å². The summed E-state index contributed by atoms with van der Waals surface area (Å²) in [6.07, 6.45) is 0. The Morgan fingerprint density at radius 2 is 1.83 bits per heavy atom. The van der Waals surface area contributed by atoms with Gasteiger partial charge in [0.2, 0.25) is 0 Å². The quantitative estimate of drug-likeness (QED) is 0.311. The SMILES string of the molecule is CCn1c(-c2ccccc2)cc2cc(NC(=O)c3cc([N+](=O)[O-])ccc3Cl)ccc21. The third-order valence-corrected chi connectivity index (χ3v) is 5.28. The lowest BCUT2D eigenvalue weighted by Gasteiger charge is -2.09.